The topological polar surface area (TPSA) is 92.3 Å². The number of carbonyl (C=O) groups excluding carboxylic acids is 1. The first kappa shape index (κ1) is 22.0. The number of halogens is 3. The smallest absolute Gasteiger partial charge is 0.391 e. The lowest BCUT2D eigenvalue weighted by Gasteiger charge is -2.31. The summed E-state index contributed by atoms with van der Waals surface area (Å²) in [5.41, 5.74) is 7.17. The highest BCUT2D eigenvalue weighted by Crippen LogP contribution is 2.30. The molecule has 3 N–H and O–H groups in total. The highest BCUT2D eigenvalue weighted by molar-refractivity contribution is 5.98. The van der Waals surface area contributed by atoms with E-state index >= 15 is 0 Å². The zero-order valence-corrected chi connectivity index (χ0v) is 17.4. The summed E-state index contributed by atoms with van der Waals surface area (Å²) in [6.45, 7) is 1.82. The average molecular weight is 444 g/mol. The zero-order valence-electron chi connectivity index (χ0n) is 17.4. The predicted molar refractivity (Wildman–Crippen MR) is 114 cm³/mol. The molecule has 1 aliphatic carbocycles. The largest absolute Gasteiger partial charge is 0.417 e. The molecule has 0 unspecified atom stereocenters. The lowest BCUT2D eigenvalue weighted by molar-refractivity contribution is -0.137. The van der Waals surface area contributed by atoms with Crippen LogP contribution in [0.5, 0.6) is 0 Å². The van der Waals surface area contributed by atoms with Crippen LogP contribution in [0.4, 0.5) is 19.0 Å². The summed E-state index contributed by atoms with van der Waals surface area (Å²) >= 11 is 0. The van der Waals surface area contributed by atoms with Crippen molar-refractivity contribution in [2.24, 2.45) is 0 Å². The molecule has 2 atom stereocenters. The minimum absolute atomic E-state index is 0.00422. The molecule has 6 nitrogen and oxygen atoms in total. The average Bonchev–Trinajstić information content (AvgIpc) is 3.17. The van der Waals surface area contributed by atoms with Gasteiger partial charge in [-0.2, -0.15) is 13.2 Å². The fourth-order valence-corrected chi connectivity index (χ4v) is 4.08. The highest BCUT2D eigenvalue weighted by atomic mass is 19.4. The summed E-state index contributed by atoms with van der Waals surface area (Å²) in [6.07, 6.45) is -2.48. The Balaban J connectivity index is 1.66. The molecule has 2 aromatic heterocycles. The molecule has 1 aromatic carbocycles. The van der Waals surface area contributed by atoms with Gasteiger partial charge in [0, 0.05) is 17.1 Å². The number of alkyl halides is 3. The molecule has 0 aliphatic heterocycles. The minimum atomic E-state index is -4.48. The number of fused-ring (bicyclic) bond motifs is 1. The number of aromatic nitrogens is 2. The van der Waals surface area contributed by atoms with Crippen LogP contribution >= 0.6 is 0 Å². The zero-order chi connectivity index (χ0) is 23.0. The Morgan fingerprint density at radius 2 is 2.00 bits per heavy atom. The Morgan fingerprint density at radius 3 is 2.62 bits per heavy atom. The van der Waals surface area contributed by atoms with Crippen molar-refractivity contribution in [3.05, 3.63) is 65.0 Å². The number of pyridine rings is 2. The van der Waals surface area contributed by atoms with Gasteiger partial charge in [0.25, 0.3) is 5.91 Å². The standard InChI is InChI=1S/C23H23F3N4O2/c1-13-9-15-10-14(5-8-18(15)29-21(13)27)22(32)30(19-3-2-4-20(19)31)12-17-7-6-16(11-28-17)23(24,25)26/h5-11,19-20,31H,2-4,12H2,1H3,(H2,27,29)/t19-,20-/m1/s1. The Hall–Kier alpha value is -3.20. The van der Waals surface area contributed by atoms with Crippen LogP contribution in [-0.2, 0) is 12.7 Å². The van der Waals surface area contributed by atoms with Crippen LogP contribution in [-0.4, -0.2) is 38.0 Å². The van der Waals surface area contributed by atoms with E-state index in [1.54, 1.807) is 18.2 Å². The van der Waals surface area contributed by atoms with Gasteiger partial charge in [0.1, 0.15) is 5.82 Å². The van der Waals surface area contributed by atoms with Crippen molar-refractivity contribution >= 4 is 22.6 Å². The Labute approximate surface area is 182 Å². The maximum absolute atomic E-state index is 13.5. The molecule has 1 saturated carbocycles. The maximum atomic E-state index is 13.5. The van der Waals surface area contributed by atoms with Crippen LogP contribution in [0.2, 0.25) is 0 Å². The Kier molecular flexibility index (Phi) is 5.77. The van der Waals surface area contributed by atoms with Crippen LogP contribution in [0.15, 0.2) is 42.6 Å². The van der Waals surface area contributed by atoms with E-state index in [-0.39, 0.29) is 12.5 Å². The van der Waals surface area contributed by atoms with Gasteiger partial charge >= 0.3 is 6.18 Å². The van der Waals surface area contributed by atoms with Crippen molar-refractivity contribution in [1.82, 2.24) is 14.9 Å². The number of carbonyl (C=O) groups is 1. The first-order chi connectivity index (χ1) is 15.1. The van der Waals surface area contributed by atoms with Gasteiger partial charge in [0.2, 0.25) is 0 Å². The van der Waals surface area contributed by atoms with Gasteiger partial charge in [-0.25, -0.2) is 4.98 Å². The third kappa shape index (κ3) is 4.38. The van der Waals surface area contributed by atoms with Crippen molar-refractivity contribution in [1.29, 1.82) is 0 Å². The van der Waals surface area contributed by atoms with Gasteiger partial charge in [0.15, 0.2) is 0 Å². The summed E-state index contributed by atoms with van der Waals surface area (Å²) in [7, 11) is 0. The van der Waals surface area contributed by atoms with Crippen molar-refractivity contribution in [2.45, 2.75) is 51.1 Å². The number of aryl methyl sites for hydroxylation is 1. The molecule has 3 aromatic rings. The summed E-state index contributed by atoms with van der Waals surface area (Å²) < 4.78 is 38.6. The van der Waals surface area contributed by atoms with Crippen LogP contribution in [0.25, 0.3) is 10.9 Å². The van der Waals surface area contributed by atoms with Gasteiger partial charge in [-0.1, -0.05) is 0 Å². The van der Waals surface area contributed by atoms with Crippen LogP contribution < -0.4 is 5.73 Å². The van der Waals surface area contributed by atoms with E-state index in [1.165, 1.54) is 11.0 Å². The molecule has 0 saturated heterocycles. The summed E-state index contributed by atoms with van der Waals surface area (Å²) in [5, 5.41) is 11.2. The summed E-state index contributed by atoms with van der Waals surface area (Å²) in [4.78, 5) is 23.2. The molecule has 9 heteroatoms. The third-order valence-electron chi connectivity index (χ3n) is 5.88. The second-order valence-electron chi connectivity index (χ2n) is 8.13. The molecule has 4 rings (SSSR count). The quantitative estimate of drug-likeness (QED) is 0.632. The minimum Gasteiger partial charge on any atom is -0.391 e. The van der Waals surface area contributed by atoms with Crippen LogP contribution in [0, 0.1) is 6.92 Å². The van der Waals surface area contributed by atoms with E-state index in [9.17, 15) is 23.1 Å². The number of amides is 1. The first-order valence-electron chi connectivity index (χ1n) is 10.3. The van der Waals surface area contributed by atoms with E-state index < -0.39 is 23.9 Å². The predicted octanol–water partition coefficient (Wildman–Crippen LogP) is 4.10. The molecule has 2 heterocycles. The van der Waals surface area contributed by atoms with Crippen molar-refractivity contribution in [2.75, 3.05) is 5.73 Å². The second kappa shape index (κ2) is 8.38. The lowest BCUT2D eigenvalue weighted by Crippen LogP contribution is -2.44. The van der Waals surface area contributed by atoms with Gasteiger partial charge in [-0.15, -0.1) is 0 Å². The number of rotatable bonds is 4. The number of aliphatic hydroxyl groups is 1. The van der Waals surface area contributed by atoms with Gasteiger partial charge in [-0.3, -0.25) is 9.78 Å². The number of benzene rings is 1. The monoisotopic (exact) mass is 444 g/mol. The van der Waals surface area contributed by atoms with E-state index in [0.29, 0.717) is 35.4 Å². The molecule has 168 valence electrons. The van der Waals surface area contributed by atoms with Gasteiger partial charge < -0.3 is 15.7 Å². The van der Waals surface area contributed by atoms with Crippen molar-refractivity contribution < 1.29 is 23.1 Å². The number of anilines is 1. The lowest BCUT2D eigenvalue weighted by atomic mass is 10.1. The molecular weight excluding hydrogens is 421 g/mol. The number of hydrogen-bond acceptors (Lipinski definition) is 5. The number of nitrogens with zero attached hydrogens (tertiary/aromatic N) is 3. The molecule has 0 bridgehead atoms. The highest BCUT2D eigenvalue weighted by Gasteiger charge is 2.35. The molecule has 1 fully saturated rings. The molecule has 1 aliphatic rings. The summed E-state index contributed by atoms with van der Waals surface area (Å²) in [6, 6.07) is 8.69. The fraction of sp³-hybridized carbons (Fsp3) is 0.348. The third-order valence-corrected chi connectivity index (χ3v) is 5.88. The number of nitrogen functional groups attached to an aromatic ring is 1. The van der Waals surface area contributed by atoms with Crippen molar-refractivity contribution in [3.8, 4) is 0 Å². The van der Waals surface area contributed by atoms with E-state index in [2.05, 4.69) is 9.97 Å². The van der Waals surface area contributed by atoms with Crippen LogP contribution in [0.3, 0.4) is 0 Å². The molecule has 32 heavy (non-hydrogen) atoms. The second-order valence-corrected chi connectivity index (χ2v) is 8.13. The number of nitrogens with two attached hydrogens (primary N) is 1. The van der Waals surface area contributed by atoms with Crippen LogP contribution in [0.1, 0.15) is 46.4 Å². The maximum Gasteiger partial charge on any atom is 0.417 e. The number of aliphatic hydroxyl groups excluding tert-OH is 1. The molecule has 0 spiro atoms. The Morgan fingerprint density at radius 1 is 1.22 bits per heavy atom. The summed E-state index contributed by atoms with van der Waals surface area (Å²) in [5.74, 6) is 0.0923. The molecule has 1 amide bonds. The van der Waals surface area contributed by atoms with Crippen molar-refractivity contribution in [3.63, 3.8) is 0 Å². The normalized spacial score (nSPS) is 18.8. The van der Waals surface area contributed by atoms with E-state index in [1.807, 2.05) is 13.0 Å². The van der Waals surface area contributed by atoms with E-state index in [0.717, 1.165) is 29.6 Å². The van der Waals surface area contributed by atoms with Gasteiger partial charge in [0.05, 0.1) is 35.5 Å². The first-order valence-corrected chi connectivity index (χ1v) is 10.3. The fourth-order valence-electron chi connectivity index (χ4n) is 4.08. The van der Waals surface area contributed by atoms with E-state index in [4.69, 9.17) is 5.73 Å². The Bertz CT molecular complexity index is 1150. The SMILES string of the molecule is Cc1cc2cc(C(=O)N(Cc3ccc(C(F)(F)F)cn3)[C@@H]3CCC[C@H]3O)ccc2nc1N. The number of hydrogen-bond donors (Lipinski definition) is 2. The molecular formula is C23H23F3N4O2. The van der Waals surface area contributed by atoms with Gasteiger partial charge in [-0.05, 0) is 68.1 Å². The molecule has 0 radical (unpaired) electrons.